The predicted octanol–water partition coefficient (Wildman–Crippen LogP) is -0.142. The van der Waals surface area contributed by atoms with Gasteiger partial charge >= 0.3 is 0 Å². The number of alkyl halides is 2. The summed E-state index contributed by atoms with van der Waals surface area (Å²) in [7, 11) is 0. The zero-order valence-electron chi connectivity index (χ0n) is 8.09. The molecule has 0 saturated carbocycles. The summed E-state index contributed by atoms with van der Waals surface area (Å²) in [6.07, 6.45) is 1.17. The molecule has 0 unspecified atom stereocenters. The quantitative estimate of drug-likeness (QED) is 0.571. The molecule has 0 aliphatic carbocycles. The Hall–Kier alpha value is -0.750. The van der Waals surface area contributed by atoms with Crippen LogP contribution in [-0.4, -0.2) is 36.1 Å². The lowest BCUT2D eigenvalue weighted by Crippen LogP contribution is -2.46. The maximum absolute atomic E-state index is 12.5. The van der Waals surface area contributed by atoms with Crippen LogP contribution >= 0.6 is 0 Å². The van der Waals surface area contributed by atoms with Gasteiger partial charge in [-0.15, -0.1) is 0 Å². The van der Waals surface area contributed by atoms with Crippen LogP contribution in [0.15, 0.2) is 0 Å². The Morgan fingerprint density at radius 1 is 1.64 bits per heavy atom. The minimum absolute atomic E-state index is 0.455. The van der Waals surface area contributed by atoms with Crippen molar-refractivity contribution in [2.75, 3.05) is 13.2 Å². The predicted molar refractivity (Wildman–Crippen MR) is 47.9 cm³/mol. The smallest absolute Gasteiger partial charge is 0.287 e. The van der Waals surface area contributed by atoms with E-state index in [1.54, 1.807) is 0 Å². The van der Waals surface area contributed by atoms with Gasteiger partial charge in [0.2, 0.25) is 5.91 Å². The molecule has 4 nitrogen and oxygen atoms in total. The second-order valence-electron chi connectivity index (χ2n) is 3.13. The molecule has 0 saturated heterocycles. The first-order valence-electron chi connectivity index (χ1n) is 4.45. The molecule has 14 heavy (non-hydrogen) atoms. The number of nitrogens with two attached hydrogens (primary N) is 1. The summed E-state index contributed by atoms with van der Waals surface area (Å²) in [5, 5.41) is 10.2. The summed E-state index contributed by atoms with van der Waals surface area (Å²) in [6, 6.07) is -0.755. The molecule has 0 aliphatic heterocycles. The Kier molecular flexibility index (Phi) is 5.56. The van der Waals surface area contributed by atoms with Gasteiger partial charge in [0.25, 0.3) is 5.92 Å². The third kappa shape index (κ3) is 5.08. The van der Waals surface area contributed by atoms with E-state index in [0.717, 1.165) is 0 Å². The van der Waals surface area contributed by atoms with E-state index in [0.29, 0.717) is 12.8 Å². The summed E-state index contributed by atoms with van der Waals surface area (Å²) in [4.78, 5) is 11.0. The number of nitrogens with one attached hydrogen (secondary N) is 1. The maximum Gasteiger partial charge on any atom is 0.287 e. The van der Waals surface area contributed by atoms with Crippen molar-refractivity contribution >= 4 is 5.91 Å². The van der Waals surface area contributed by atoms with E-state index in [9.17, 15) is 13.6 Å². The molecular weight excluding hydrogens is 194 g/mol. The molecule has 0 radical (unpaired) electrons. The van der Waals surface area contributed by atoms with E-state index in [2.05, 4.69) is 0 Å². The number of hydrogen-bond donors (Lipinski definition) is 3. The van der Waals surface area contributed by atoms with Gasteiger partial charge in [0.15, 0.2) is 0 Å². The normalized spacial score (nSPS) is 13.8. The van der Waals surface area contributed by atoms with Crippen LogP contribution in [0.4, 0.5) is 8.78 Å². The number of hydrogen-bond acceptors (Lipinski definition) is 3. The molecule has 0 spiro atoms. The Labute approximate surface area is 81.5 Å². The minimum atomic E-state index is -3.28. The van der Waals surface area contributed by atoms with E-state index in [1.807, 2.05) is 12.2 Å². The average Bonchev–Trinajstić information content (AvgIpc) is 2.15. The highest BCUT2D eigenvalue weighted by Crippen LogP contribution is 2.09. The number of amides is 1. The monoisotopic (exact) mass is 210 g/mol. The van der Waals surface area contributed by atoms with Crippen LogP contribution in [0.1, 0.15) is 19.8 Å². The lowest BCUT2D eigenvalue weighted by Gasteiger charge is -2.16. The number of aliphatic hydroxyl groups excluding tert-OH is 1. The molecule has 0 aliphatic rings. The van der Waals surface area contributed by atoms with Gasteiger partial charge in [0, 0.05) is 0 Å². The van der Waals surface area contributed by atoms with Crippen LogP contribution in [-0.2, 0) is 4.79 Å². The van der Waals surface area contributed by atoms with Crippen molar-refractivity contribution in [3.05, 3.63) is 0 Å². The Morgan fingerprint density at radius 2 is 2.21 bits per heavy atom. The Bertz CT molecular complexity index is 188. The maximum atomic E-state index is 12.5. The van der Waals surface area contributed by atoms with Gasteiger partial charge in [-0.3, -0.25) is 4.79 Å². The van der Waals surface area contributed by atoms with Gasteiger partial charge in [0.05, 0.1) is 12.6 Å². The van der Waals surface area contributed by atoms with E-state index in [1.165, 1.54) is 0 Å². The number of carbonyl (C=O) groups excluding carboxylic acids is 1. The van der Waals surface area contributed by atoms with E-state index < -0.39 is 31.0 Å². The molecule has 84 valence electrons. The molecule has 0 rings (SSSR count). The van der Waals surface area contributed by atoms with Crippen molar-refractivity contribution in [1.82, 2.24) is 5.32 Å². The third-order valence-corrected chi connectivity index (χ3v) is 1.69. The first kappa shape index (κ1) is 13.2. The van der Waals surface area contributed by atoms with Gasteiger partial charge in [-0.2, -0.15) is 0 Å². The summed E-state index contributed by atoms with van der Waals surface area (Å²) in [5.74, 6) is -3.89. The minimum Gasteiger partial charge on any atom is -0.390 e. The summed E-state index contributed by atoms with van der Waals surface area (Å²) >= 11 is 0. The summed E-state index contributed by atoms with van der Waals surface area (Å²) < 4.78 is 24.9. The zero-order chi connectivity index (χ0) is 11.2. The van der Waals surface area contributed by atoms with Crippen LogP contribution in [0, 0.1) is 0 Å². The van der Waals surface area contributed by atoms with Crippen LogP contribution in [0.5, 0.6) is 0 Å². The van der Waals surface area contributed by atoms with Gasteiger partial charge in [-0.05, 0) is 6.42 Å². The first-order chi connectivity index (χ1) is 6.43. The highest BCUT2D eigenvalue weighted by atomic mass is 19.3. The molecule has 0 aromatic heterocycles. The zero-order valence-corrected chi connectivity index (χ0v) is 8.09. The Morgan fingerprint density at radius 3 is 2.64 bits per heavy atom. The van der Waals surface area contributed by atoms with Crippen LogP contribution in [0.2, 0.25) is 0 Å². The first-order valence-corrected chi connectivity index (χ1v) is 4.45. The molecular formula is C8H16F2N2O2. The lowest BCUT2D eigenvalue weighted by molar-refractivity contribution is -0.125. The molecule has 0 bridgehead atoms. The highest BCUT2D eigenvalue weighted by molar-refractivity contribution is 5.81. The van der Waals surface area contributed by atoms with Gasteiger partial charge in [-0.1, -0.05) is 13.3 Å². The third-order valence-electron chi connectivity index (χ3n) is 1.69. The van der Waals surface area contributed by atoms with E-state index in [4.69, 9.17) is 10.8 Å². The van der Waals surface area contributed by atoms with Gasteiger partial charge < -0.3 is 16.2 Å². The molecule has 1 amide bonds. The van der Waals surface area contributed by atoms with Crippen molar-refractivity contribution in [2.45, 2.75) is 31.7 Å². The molecule has 0 heterocycles. The fraction of sp³-hybridized carbons (Fsp3) is 0.875. The number of halogens is 2. The van der Waals surface area contributed by atoms with Crippen molar-refractivity contribution in [1.29, 1.82) is 0 Å². The fourth-order valence-corrected chi connectivity index (χ4v) is 0.846. The van der Waals surface area contributed by atoms with E-state index in [-0.39, 0.29) is 0 Å². The number of rotatable bonds is 6. The molecule has 1 atom stereocenters. The van der Waals surface area contributed by atoms with Crippen molar-refractivity contribution < 1.29 is 18.7 Å². The van der Waals surface area contributed by atoms with Crippen molar-refractivity contribution in [3.63, 3.8) is 0 Å². The van der Waals surface area contributed by atoms with Crippen LogP contribution < -0.4 is 11.1 Å². The summed E-state index contributed by atoms with van der Waals surface area (Å²) in [6.45, 7) is -0.314. The molecule has 0 aromatic carbocycles. The number of aliphatic hydroxyl groups is 1. The summed E-state index contributed by atoms with van der Waals surface area (Å²) in [5.41, 5.74) is 5.38. The molecule has 0 fully saturated rings. The molecule has 0 aromatic rings. The lowest BCUT2D eigenvalue weighted by atomic mass is 10.1. The molecule has 6 heteroatoms. The van der Waals surface area contributed by atoms with Gasteiger partial charge in [0.1, 0.15) is 6.61 Å². The molecule has 4 N–H and O–H groups in total. The second kappa shape index (κ2) is 5.87. The highest BCUT2D eigenvalue weighted by Gasteiger charge is 2.28. The van der Waals surface area contributed by atoms with Crippen molar-refractivity contribution in [3.8, 4) is 0 Å². The van der Waals surface area contributed by atoms with Crippen LogP contribution in [0.25, 0.3) is 0 Å². The van der Waals surface area contributed by atoms with Crippen LogP contribution in [0.3, 0.4) is 0 Å². The topological polar surface area (TPSA) is 75.4 Å². The largest absolute Gasteiger partial charge is 0.390 e. The number of carbonyl (C=O) groups is 1. The van der Waals surface area contributed by atoms with Crippen molar-refractivity contribution in [2.24, 2.45) is 5.73 Å². The second-order valence-corrected chi connectivity index (χ2v) is 3.13. The average molecular weight is 210 g/mol. The SMILES string of the molecule is CCC[C@@H](N)C(=O)NCC(F)(F)CO. The fourth-order valence-electron chi connectivity index (χ4n) is 0.846. The van der Waals surface area contributed by atoms with E-state index >= 15 is 0 Å². The van der Waals surface area contributed by atoms with Gasteiger partial charge in [-0.25, -0.2) is 8.78 Å². The standard InChI is InChI=1S/C8H16F2N2O2/c1-2-3-6(11)7(14)12-4-8(9,10)5-13/h6,13H,2-5,11H2,1H3,(H,12,14)/t6-/m1/s1. The Balaban J connectivity index is 3.84.